The average molecular weight is 747 g/mol. The van der Waals surface area contributed by atoms with Gasteiger partial charge in [0.15, 0.2) is 0 Å². The predicted octanol–water partition coefficient (Wildman–Crippen LogP) is 9.90. The number of carbonyl (C=O) groups excluding carboxylic acids is 2. The second kappa shape index (κ2) is 16.8. The van der Waals surface area contributed by atoms with E-state index in [4.69, 9.17) is 4.74 Å². The molecule has 0 spiro atoms. The van der Waals surface area contributed by atoms with Crippen molar-refractivity contribution in [2.75, 3.05) is 0 Å². The Morgan fingerprint density at radius 3 is 1.96 bits per heavy atom. The summed E-state index contributed by atoms with van der Waals surface area (Å²) in [6, 6.07) is 14.4. The van der Waals surface area contributed by atoms with Gasteiger partial charge in [0, 0.05) is 23.7 Å². The maximum absolute atomic E-state index is 14.7. The number of nitrogens with one attached hydrogen (secondary N) is 2. The topological polar surface area (TPSA) is 76.7 Å². The van der Waals surface area contributed by atoms with E-state index in [2.05, 4.69) is 34.4 Å². The molecule has 280 valence electrons. The van der Waals surface area contributed by atoms with Crippen LogP contribution in [0.3, 0.4) is 0 Å². The summed E-state index contributed by atoms with van der Waals surface area (Å²) < 4.78 is 144. The van der Waals surface area contributed by atoms with Crippen molar-refractivity contribution in [2.45, 2.75) is 64.6 Å². The Morgan fingerprint density at radius 2 is 1.40 bits per heavy atom. The van der Waals surface area contributed by atoms with E-state index >= 15 is 0 Å². The van der Waals surface area contributed by atoms with Gasteiger partial charge in [-0.05, 0) is 81.3 Å². The molecule has 0 radical (unpaired) electrons. The van der Waals surface area contributed by atoms with Crippen molar-refractivity contribution in [3.63, 3.8) is 0 Å². The van der Waals surface area contributed by atoms with Crippen LogP contribution in [0.2, 0.25) is 0 Å². The van der Waals surface area contributed by atoms with Crippen LogP contribution in [-0.2, 0) is 17.5 Å². The highest BCUT2D eigenvalue weighted by atomic mass is 19.4. The Bertz CT molecular complexity index is 1850. The first-order valence-electron chi connectivity index (χ1n) is 15.2. The molecule has 4 aromatic carbocycles. The number of hydrogen-bond acceptors (Lipinski definition) is 4. The molecule has 0 saturated carbocycles. The molecule has 2 amide bonds. The highest BCUT2D eigenvalue weighted by Gasteiger charge is 2.44. The van der Waals surface area contributed by atoms with Gasteiger partial charge in [-0.1, -0.05) is 42.0 Å². The number of alkyl halides is 7. The van der Waals surface area contributed by atoms with Crippen LogP contribution < -0.4 is 15.4 Å². The Hall–Kier alpha value is -5.28. The van der Waals surface area contributed by atoms with E-state index < -0.39 is 88.8 Å². The number of benzene rings is 4. The molecule has 0 aliphatic carbocycles. The van der Waals surface area contributed by atoms with Crippen LogP contribution in [-0.4, -0.2) is 30.1 Å². The molecule has 0 aliphatic heterocycles. The van der Waals surface area contributed by atoms with Gasteiger partial charge in [-0.3, -0.25) is 4.79 Å². The Labute approximate surface area is 291 Å². The van der Waals surface area contributed by atoms with E-state index in [1.54, 1.807) is 20.8 Å². The molecule has 0 saturated heterocycles. The molecule has 2 N–H and O–H groups in total. The molecule has 0 bridgehead atoms. The van der Waals surface area contributed by atoms with E-state index in [1.165, 1.54) is 5.56 Å². The second-order valence-electron chi connectivity index (χ2n) is 12.1. The summed E-state index contributed by atoms with van der Waals surface area (Å²) >= 11 is 0. The molecule has 4 aromatic rings. The Kier molecular flexibility index (Phi) is 13.3. The van der Waals surface area contributed by atoms with Crippen molar-refractivity contribution >= 4 is 12.0 Å². The van der Waals surface area contributed by atoms with Crippen LogP contribution in [0.15, 0.2) is 84.9 Å². The van der Waals surface area contributed by atoms with Gasteiger partial charge in [0.2, 0.25) is 0 Å². The Balaban J connectivity index is 0.000000927. The van der Waals surface area contributed by atoms with Gasteiger partial charge in [0.1, 0.15) is 28.8 Å². The van der Waals surface area contributed by atoms with Gasteiger partial charge >= 0.3 is 24.8 Å². The number of amides is 2. The minimum absolute atomic E-state index is 0.138. The van der Waals surface area contributed by atoms with Crippen molar-refractivity contribution in [3.8, 4) is 5.75 Å². The number of rotatable bonds is 9. The van der Waals surface area contributed by atoms with Gasteiger partial charge in [0.05, 0.1) is 11.6 Å². The van der Waals surface area contributed by atoms with Gasteiger partial charge in [0.25, 0.3) is 5.91 Å². The van der Waals surface area contributed by atoms with Crippen LogP contribution >= 0.6 is 0 Å². The first kappa shape index (κ1) is 41.1. The lowest BCUT2D eigenvalue weighted by molar-refractivity contribution is -0.253. The molecule has 0 fully saturated rings. The third-order valence-corrected chi connectivity index (χ3v) is 6.71. The lowest BCUT2D eigenvalue weighted by atomic mass is 9.95. The standard InChI is InChI=1S/C29H24F10N2O4.C7H8/c1-27(2,3)45-26(43)40-13-17-8-14(4-6-21(17)31)23(16-9-18(30)12-19(10-16)44-29(38,39)25(33)34)41-24(42)15-5-7-22(32)20(11-15)28(35,36)37;1-7-5-3-2-4-6-7/h4-12,23,25H,13H2,1-3H3,(H,40,43)(H,41,42);2-6H,1H3. The van der Waals surface area contributed by atoms with Crippen LogP contribution in [0, 0.1) is 24.4 Å². The lowest BCUT2D eigenvalue weighted by Gasteiger charge is -2.23. The summed E-state index contributed by atoms with van der Waals surface area (Å²) in [7, 11) is 0. The molecule has 6 nitrogen and oxygen atoms in total. The van der Waals surface area contributed by atoms with E-state index in [9.17, 15) is 53.5 Å². The average Bonchev–Trinajstić information content (AvgIpc) is 3.02. The highest BCUT2D eigenvalue weighted by Crippen LogP contribution is 2.34. The zero-order valence-corrected chi connectivity index (χ0v) is 27.9. The molecule has 1 atom stereocenters. The van der Waals surface area contributed by atoms with Crippen LogP contribution in [0.1, 0.15) is 65.0 Å². The smallest absolute Gasteiger partial charge is 0.444 e. The number of halogens is 10. The minimum Gasteiger partial charge on any atom is -0.444 e. The summed E-state index contributed by atoms with van der Waals surface area (Å²) in [5.41, 5.74) is -2.96. The third-order valence-electron chi connectivity index (χ3n) is 6.71. The second-order valence-corrected chi connectivity index (χ2v) is 12.1. The van der Waals surface area contributed by atoms with Crippen LogP contribution in [0.5, 0.6) is 5.75 Å². The molecule has 0 heterocycles. The number of ether oxygens (including phenoxy) is 2. The summed E-state index contributed by atoms with van der Waals surface area (Å²) in [6.45, 7) is 6.27. The number of alkyl carbamates (subject to hydrolysis) is 1. The van der Waals surface area contributed by atoms with E-state index in [0.717, 1.165) is 18.2 Å². The van der Waals surface area contributed by atoms with E-state index in [1.807, 2.05) is 18.2 Å². The number of carbonyl (C=O) groups is 2. The summed E-state index contributed by atoms with van der Waals surface area (Å²) in [5.74, 6) is -6.34. The molecule has 1 unspecified atom stereocenters. The van der Waals surface area contributed by atoms with Gasteiger partial charge in [-0.25, -0.2) is 18.0 Å². The predicted molar refractivity (Wildman–Crippen MR) is 169 cm³/mol. The fourth-order valence-electron chi connectivity index (χ4n) is 4.39. The lowest BCUT2D eigenvalue weighted by Crippen LogP contribution is -2.34. The number of hydrogen-bond donors (Lipinski definition) is 2. The summed E-state index contributed by atoms with van der Waals surface area (Å²) in [5, 5.41) is 4.51. The summed E-state index contributed by atoms with van der Waals surface area (Å²) in [6.07, 6.45) is -15.5. The van der Waals surface area contributed by atoms with Crippen LogP contribution in [0.4, 0.5) is 48.7 Å². The minimum atomic E-state index is -5.20. The largest absolute Gasteiger partial charge is 0.461 e. The highest BCUT2D eigenvalue weighted by molar-refractivity contribution is 5.95. The van der Waals surface area contributed by atoms with Crippen molar-refractivity contribution in [2.24, 2.45) is 0 Å². The molecule has 4 rings (SSSR count). The normalized spacial score (nSPS) is 12.4. The zero-order valence-electron chi connectivity index (χ0n) is 27.9. The zero-order chi connectivity index (χ0) is 39.0. The van der Waals surface area contributed by atoms with Gasteiger partial charge < -0.3 is 20.1 Å². The van der Waals surface area contributed by atoms with Crippen molar-refractivity contribution in [3.05, 3.63) is 136 Å². The molecular formula is C36H32F10N2O4. The third kappa shape index (κ3) is 12.2. The molecule has 16 heteroatoms. The maximum atomic E-state index is 14.7. The van der Waals surface area contributed by atoms with Gasteiger partial charge in [-0.2, -0.15) is 30.7 Å². The Morgan fingerprint density at radius 1 is 0.769 bits per heavy atom. The fourth-order valence-corrected chi connectivity index (χ4v) is 4.39. The van der Waals surface area contributed by atoms with Crippen molar-refractivity contribution in [1.29, 1.82) is 0 Å². The molecule has 0 aromatic heterocycles. The molecular weight excluding hydrogens is 714 g/mol. The number of aryl methyl sites for hydroxylation is 1. The van der Waals surface area contributed by atoms with E-state index in [-0.39, 0.29) is 17.2 Å². The van der Waals surface area contributed by atoms with Gasteiger partial charge in [-0.15, -0.1) is 0 Å². The van der Waals surface area contributed by atoms with Crippen LogP contribution in [0.25, 0.3) is 0 Å². The fraction of sp³-hybridized carbons (Fsp3) is 0.278. The van der Waals surface area contributed by atoms with Crippen molar-refractivity contribution < 1.29 is 63.0 Å². The maximum Gasteiger partial charge on any atom is 0.461 e. The first-order valence-corrected chi connectivity index (χ1v) is 15.2. The van der Waals surface area contributed by atoms with Crippen molar-refractivity contribution in [1.82, 2.24) is 10.6 Å². The molecule has 52 heavy (non-hydrogen) atoms. The monoisotopic (exact) mass is 746 g/mol. The SMILES string of the molecule is CC(C)(C)OC(=O)NCc1cc(C(NC(=O)c2ccc(F)c(C(F)(F)F)c2)c2cc(F)cc(OC(F)(F)C(F)F)c2)ccc1F.Cc1ccccc1. The quantitative estimate of drug-likeness (QED) is 0.167. The first-order chi connectivity index (χ1) is 24.1. The summed E-state index contributed by atoms with van der Waals surface area (Å²) in [4.78, 5) is 25.1. The molecule has 0 aliphatic rings. The van der Waals surface area contributed by atoms with E-state index in [0.29, 0.717) is 30.3 Å².